The predicted molar refractivity (Wildman–Crippen MR) is 278 cm³/mol. The molecule has 8 aromatic rings. The molecule has 7 heterocycles. The van der Waals surface area contributed by atoms with E-state index in [2.05, 4.69) is 31.8 Å². The van der Waals surface area contributed by atoms with E-state index in [9.17, 15) is 18.8 Å². The van der Waals surface area contributed by atoms with Crippen molar-refractivity contribution in [1.82, 2.24) is 34.6 Å². The summed E-state index contributed by atoms with van der Waals surface area (Å²) >= 11 is 8.56. The van der Waals surface area contributed by atoms with Crippen LogP contribution in [0.25, 0.3) is 43.2 Å². The number of thiophene rings is 1. The van der Waals surface area contributed by atoms with Crippen LogP contribution in [-0.2, 0) is 46.9 Å². The second-order valence-corrected chi connectivity index (χ2v) is 19.2. The first-order chi connectivity index (χ1) is 35.5. The third-order valence-corrected chi connectivity index (χ3v) is 14.4. The fraction of sp³-hybridized carbons (Fsp3) is 0.291. The number of esters is 1. The number of hydrogen-bond donors (Lipinski definition) is 0. The minimum absolute atomic E-state index is 0. The SMILES string of the molecule is C.COc1ccccc1-c1nccc(COc2ccc3cc2C[C@@H](C(=O)OCc2oc(=O)oc2C)Oc2ncnc4sc(-c5ccc(F)cc5)c(c24)-c2ccc(c(Cl)c2)CN(CCN2CCN(C)CC2)C(=O)C3)n1. The molecule has 0 radical (unpaired) electrons. The summed E-state index contributed by atoms with van der Waals surface area (Å²) in [5.41, 5.74) is 5.16. The molecule has 0 aliphatic carbocycles. The van der Waals surface area contributed by atoms with Gasteiger partial charge >= 0.3 is 11.8 Å². The van der Waals surface area contributed by atoms with Crippen molar-refractivity contribution in [2.24, 2.45) is 0 Å². The van der Waals surface area contributed by atoms with Crippen molar-refractivity contribution < 1.29 is 41.8 Å². The number of aryl methyl sites for hydroxylation is 1. The molecule has 1 fully saturated rings. The lowest BCUT2D eigenvalue weighted by atomic mass is 9.98. The zero-order valence-corrected chi connectivity index (χ0v) is 41.7. The summed E-state index contributed by atoms with van der Waals surface area (Å²) in [5, 5.41) is 0.895. The minimum atomic E-state index is -1.43. The molecule has 4 bridgehead atoms. The van der Waals surface area contributed by atoms with Gasteiger partial charge in [-0.15, -0.1) is 11.3 Å². The van der Waals surface area contributed by atoms with E-state index in [4.69, 9.17) is 44.4 Å². The number of carbonyl (C=O) groups excluding carboxylic acids is 2. The Morgan fingerprint density at radius 3 is 2.45 bits per heavy atom. The van der Waals surface area contributed by atoms with Crippen molar-refractivity contribution in [2.75, 3.05) is 53.4 Å². The lowest BCUT2D eigenvalue weighted by Crippen LogP contribution is -2.47. The number of carbonyl (C=O) groups is 2. The molecule has 1 amide bonds. The van der Waals surface area contributed by atoms with Gasteiger partial charge in [-0.1, -0.05) is 67.6 Å². The van der Waals surface area contributed by atoms with Crippen LogP contribution in [0.1, 0.15) is 41.3 Å². The van der Waals surface area contributed by atoms with Crippen molar-refractivity contribution in [3.63, 3.8) is 0 Å². The van der Waals surface area contributed by atoms with Crippen molar-refractivity contribution in [3.05, 3.63) is 159 Å². The smallest absolute Gasteiger partial charge is 0.496 e. The first-order valence-corrected chi connectivity index (χ1v) is 24.8. The lowest BCUT2D eigenvalue weighted by Gasteiger charge is -2.34. The van der Waals surface area contributed by atoms with Crippen LogP contribution in [0.3, 0.4) is 0 Å². The quantitative estimate of drug-likeness (QED) is 0.106. The van der Waals surface area contributed by atoms with E-state index in [1.165, 1.54) is 36.7 Å². The highest BCUT2D eigenvalue weighted by atomic mass is 35.5. The van der Waals surface area contributed by atoms with Gasteiger partial charge in [-0.3, -0.25) is 9.69 Å². The molecule has 16 nitrogen and oxygen atoms in total. The molecule has 0 spiro atoms. The molecular weight excluding hydrogens is 989 g/mol. The Morgan fingerprint density at radius 2 is 1.68 bits per heavy atom. The van der Waals surface area contributed by atoms with E-state index >= 15 is 0 Å². The van der Waals surface area contributed by atoms with Crippen LogP contribution < -0.4 is 20.0 Å². The largest absolute Gasteiger partial charge is 0.519 e. The number of fused-ring (bicyclic) bond motifs is 7. The number of likely N-dealkylation sites (N-methyl/N-ethyl adjacent to an activating group) is 1. The Kier molecular flexibility index (Phi) is 15.8. The van der Waals surface area contributed by atoms with Crippen LogP contribution in [0.2, 0.25) is 5.02 Å². The van der Waals surface area contributed by atoms with Gasteiger partial charge in [-0.05, 0) is 84.3 Å². The van der Waals surface area contributed by atoms with E-state index in [1.54, 1.807) is 37.6 Å². The van der Waals surface area contributed by atoms with E-state index in [0.717, 1.165) is 36.6 Å². The molecule has 4 aromatic heterocycles. The molecule has 11 rings (SSSR count). The summed E-state index contributed by atoms with van der Waals surface area (Å²) in [5.74, 6) is -0.660. The lowest BCUT2D eigenvalue weighted by molar-refractivity contribution is -0.154. The third-order valence-electron chi connectivity index (χ3n) is 12.9. The second kappa shape index (κ2) is 22.7. The number of piperazine rings is 1. The number of benzene rings is 4. The fourth-order valence-electron chi connectivity index (χ4n) is 8.90. The summed E-state index contributed by atoms with van der Waals surface area (Å²) in [4.78, 5) is 67.6. The topological polar surface area (TPSA) is 176 Å². The number of methoxy groups -OCH3 is 1. The highest BCUT2D eigenvalue weighted by Gasteiger charge is 2.31. The van der Waals surface area contributed by atoms with Crippen LogP contribution in [-0.4, -0.2) is 106 Å². The van der Waals surface area contributed by atoms with Gasteiger partial charge in [0.15, 0.2) is 24.0 Å². The van der Waals surface area contributed by atoms with Crippen molar-refractivity contribution >= 4 is 45.0 Å². The number of halogens is 2. The Bertz CT molecular complexity index is 3380. The maximum atomic E-state index is 14.7. The van der Waals surface area contributed by atoms with Gasteiger partial charge < -0.3 is 37.6 Å². The third kappa shape index (κ3) is 11.5. The number of amides is 1. The Labute approximate surface area is 435 Å². The van der Waals surface area contributed by atoms with Gasteiger partial charge in [-0.25, -0.2) is 33.9 Å². The molecule has 3 aliphatic rings. The normalized spacial score (nSPS) is 15.3. The number of ether oxygens (including phenoxy) is 4. The zero-order chi connectivity index (χ0) is 50.6. The summed E-state index contributed by atoms with van der Waals surface area (Å²) in [6.07, 6.45) is 1.42. The van der Waals surface area contributed by atoms with Crippen LogP contribution in [0, 0.1) is 12.7 Å². The Morgan fingerprint density at radius 1 is 0.878 bits per heavy atom. The highest BCUT2D eigenvalue weighted by molar-refractivity contribution is 7.22. The minimum Gasteiger partial charge on any atom is -0.496 e. The number of aromatic nitrogens is 4. The molecule has 4 aromatic carbocycles. The second-order valence-electron chi connectivity index (χ2n) is 17.8. The average molecular weight is 1040 g/mol. The molecular formula is C55H53ClFN7O9S. The van der Waals surface area contributed by atoms with Gasteiger partial charge in [0.05, 0.1) is 30.2 Å². The molecule has 1 atom stereocenters. The maximum Gasteiger partial charge on any atom is 0.519 e. The molecule has 0 N–H and O–H groups in total. The standard InChI is InChI=1S/C54H49ClFN7O9S.CH4/c1-32-45(72-54(66)70-32)30-69-53(65)44-27-37-24-33(8-15-42(37)68-29-39-16-17-57-50(60-39)40-6-4-5-7-43(40)67-3)25-46(64)63(23-22-62-20-18-61(2)19-21-62)28-36-10-9-35(26-41(36)55)47-48-51(71-44)58-31-59-52(48)73-49(47)34-11-13-38(56)14-12-34;/h4-17,24,26,31,44H,18-23,25,27-30H2,1-3H3;1H4/t44-;/m0./s1. The molecule has 19 heteroatoms. The number of hydrogen-bond acceptors (Lipinski definition) is 16. The van der Waals surface area contributed by atoms with Gasteiger partial charge in [0.2, 0.25) is 17.9 Å². The van der Waals surface area contributed by atoms with Crippen LogP contribution >= 0.6 is 22.9 Å². The van der Waals surface area contributed by atoms with Gasteiger partial charge in [0.1, 0.15) is 35.1 Å². The Balaban J connectivity index is 0.00000672. The van der Waals surface area contributed by atoms with Gasteiger partial charge in [0, 0.05) is 73.9 Å². The maximum absolute atomic E-state index is 14.7. The number of nitrogens with zero attached hydrogens (tertiary/aromatic N) is 7. The highest BCUT2D eigenvalue weighted by Crippen LogP contribution is 2.48. The molecule has 3 aliphatic heterocycles. The van der Waals surface area contributed by atoms with Crippen molar-refractivity contribution in [1.29, 1.82) is 0 Å². The monoisotopic (exact) mass is 1040 g/mol. The molecule has 74 heavy (non-hydrogen) atoms. The van der Waals surface area contributed by atoms with Crippen LogP contribution in [0.5, 0.6) is 17.4 Å². The van der Waals surface area contributed by atoms with Gasteiger partial charge in [0.25, 0.3) is 0 Å². The van der Waals surface area contributed by atoms with Crippen molar-refractivity contribution in [2.45, 2.75) is 53.1 Å². The first-order valence-electron chi connectivity index (χ1n) is 23.6. The number of para-hydroxylation sites is 1. The summed E-state index contributed by atoms with van der Waals surface area (Å²) < 4.78 is 49.3. The van der Waals surface area contributed by atoms with Crippen LogP contribution in [0.15, 0.2) is 117 Å². The summed E-state index contributed by atoms with van der Waals surface area (Å²) in [7, 11) is 3.69. The van der Waals surface area contributed by atoms with Crippen LogP contribution in [0.4, 0.5) is 4.39 Å². The number of rotatable bonds is 12. The summed E-state index contributed by atoms with van der Waals surface area (Å²) in [6, 6.07) is 26.4. The fourth-order valence-corrected chi connectivity index (χ4v) is 10.3. The molecule has 382 valence electrons. The van der Waals surface area contributed by atoms with Crippen molar-refractivity contribution in [3.8, 4) is 50.3 Å². The molecule has 1 saturated heterocycles. The molecule has 0 unspecified atom stereocenters. The van der Waals surface area contributed by atoms with E-state index in [0.29, 0.717) is 84.7 Å². The first kappa shape index (κ1) is 51.4. The van der Waals surface area contributed by atoms with E-state index < -0.39 is 30.3 Å². The zero-order valence-electron chi connectivity index (χ0n) is 40.1. The Hall–Kier alpha value is -7.51. The van der Waals surface area contributed by atoms with E-state index in [1.807, 2.05) is 59.5 Å². The summed E-state index contributed by atoms with van der Waals surface area (Å²) in [6.45, 7) is 6.07. The molecule has 0 saturated carbocycles. The van der Waals surface area contributed by atoms with Gasteiger partial charge in [-0.2, -0.15) is 0 Å². The van der Waals surface area contributed by atoms with E-state index in [-0.39, 0.29) is 56.7 Å². The average Bonchev–Trinajstić information content (AvgIpc) is 3.95. The predicted octanol–water partition coefficient (Wildman–Crippen LogP) is 9.22.